The van der Waals surface area contributed by atoms with Crippen LogP contribution in [0.15, 0.2) is 45.8 Å². The molecule has 0 fully saturated rings. The number of Topliss-reactive ketones (excluding diaryl/α,β-unsaturated/α-hetero) is 1. The minimum Gasteiger partial charge on any atom is -0.497 e. The van der Waals surface area contributed by atoms with Crippen LogP contribution in [0.25, 0.3) is 5.82 Å². The molecule has 0 N–H and O–H groups in total. The second kappa shape index (κ2) is 9.00. The average Bonchev–Trinajstić information content (AvgIpc) is 3.26. The first kappa shape index (κ1) is 20.7. The van der Waals surface area contributed by atoms with Crippen molar-refractivity contribution in [3.05, 3.63) is 59.1 Å². The number of ketones is 1. The number of aromatic nitrogens is 2. The van der Waals surface area contributed by atoms with E-state index in [9.17, 15) is 9.59 Å². The van der Waals surface area contributed by atoms with Gasteiger partial charge >= 0.3 is 5.97 Å². The van der Waals surface area contributed by atoms with E-state index < -0.39 is 5.97 Å². The Labute approximate surface area is 173 Å². The van der Waals surface area contributed by atoms with E-state index >= 15 is 0 Å². The van der Waals surface area contributed by atoms with Gasteiger partial charge in [0.15, 0.2) is 12.4 Å². The quantitative estimate of drug-likeness (QED) is 0.314. The Morgan fingerprint density at radius 3 is 2.48 bits per heavy atom. The third kappa shape index (κ3) is 4.89. The van der Waals surface area contributed by atoms with Crippen LogP contribution in [0.1, 0.15) is 27.5 Å². The molecule has 0 radical (unpaired) electrons. The van der Waals surface area contributed by atoms with Gasteiger partial charge in [-0.2, -0.15) is 0 Å². The molecule has 0 atom stereocenters. The van der Waals surface area contributed by atoms with Gasteiger partial charge in [-0.1, -0.05) is 5.16 Å². The monoisotopic (exact) mass is 414 g/mol. The fraction of sp³-hybridized carbons (Fsp3) is 0.286. The van der Waals surface area contributed by atoms with Gasteiger partial charge in [-0.05, 0) is 51.1 Å². The van der Waals surface area contributed by atoms with Gasteiger partial charge < -0.3 is 14.0 Å². The Bertz CT molecular complexity index is 1020. The van der Waals surface area contributed by atoms with E-state index in [2.05, 4.69) is 5.16 Å². The minimum atomic E-state index is -0.444. The Hall–Kier alpha value is -3.00. The van der Waals surface area contributed by atoms with E-state index in [-0.39, 0.29) is 18.1 Å². The first-order valence-electron chi connectivity index (χ1n) is 8.97. The Balaban J connectivity index is 1.57. The van der Waals surface area contributed by atoms with Crippen LogP contribution in [0.5, 0.6) is 5.75 Å². The normalized spacial score (nSPS) is 10.8. The lowest BCUT2D eigenvalue weighted by Gasteiger charge is -2.06. The number of ether oxygens (including phenoxy) is 2. The van der Waals surface area contributed by atoms with E-state index in [1.807, 2.05) is 42.7 Å². The molecule has 0 aliphatic rings. The summed E-state index contributed by atoms with van der Waals surface area (Å²) in [5.74, 6) is 1.47. The zero-order valence-corrected chi connectivity index (χ0v) is 17.5. The van der Waals surface area contributed by atoms with Gasteiger partial charge in [0, 0.05) is 27.9 Å². The Kier molecular flexibility index (Phi) is 6.43. The molecule has 0 aliphatic heterocycles. The average molecular weight is 414 g/mol. The highest BCUT2D eigenvalue weighted by Gasteiger charge is 2.19. The third-order valence-corrected chi connectivity index (χ3v) is 5.34. The standard InChI is InChI=1S/C21H22N2O5S/c1-13-9-18(15(3)23(13)20-10-14(2)28-22-20)19(24)11-27-21(25)12-29-17-7-5-16(26-4)6-8-17/h5-10H,11-12H2,1-4H3. The Morgan fingerprint density at radius 1 is 1.14 bits per heavy atom. The molecule has 0 amide bonds. The van der Waals surface area contributed by atoms with Crippen LogP contribution >= 0.6 is 11.8 Å². The van der Waals surface area contributed by atoms with Crippen molar-refractivity contribution in [2.24, 2.45) is 0 Å². The zero-order valence-electron chi connectivity index (χ0n) is 16.7. The highest BCUT2D eigenvalue weighted by molar-refractivity contribution is 8.00. The number of hydrogen-bond acceptors (Lipinski definition) is 7. The maximum Gasteiger partial charge on any atom is 0.316 e. The molecule has 29 heavy (non-hydrogen) atoms. The number of hydrogen-bond donors (Lipinski definition) is 0. The molecule has 3 rings (SSSR count). The van der Waals surface area contributed by atoms with Gasteiger partial charge in [-0.3, -0.25) is 14.2 Å². The number of rotatable bonds is 8. The number of carbonyl (C=O) groups is 2. The van der Waals surface area contributed by atoms with E-state index in [1.165, 1.54) is 11.8 Å². The first-order valence-corrected chi connectivity index (χ1v) is 9.96. The number of methoxy groups -OCH3 is 1. The van der Waals surface area contributed by atoms with Crippen molar-refractivity contribution in [3.8, 4) is 11.6 Å². The summed E-state index contributed by atoms with van der Waals surface area (Å²) in [5.41, 5.74) is 2.07. The van der Waals surface area contributed by atoms with Crippen LogP contribution in [0.4, 0.5) is 0 Å². The van der Waals surface area contributed by atoms with Crippen LogP contribution in [-0.2, 0) is 9.53 Å². The lowest BCUT2D eigenvalue weighted by Crippen LogP contribution is -2.16. The summed E-state index contributed by atoms with van der Waals surface area (Å²) in [5, 5.41) is 4.00. The highest BCUT2D eigenvalue weighted by Crippen LogP contribution is 2.23. The first-order chi connectivity index (χ1) is 13.9. The summed E-state index contributed by atoms with van der Waals surface area (Å²) in [7, 11) is 1.60. The molecular formula is C21H22N2O5S. The lowest BCUT2D eigenvalue weighted by atomic mass is 10.1. The van der Waals surface area contributed by atoms with Crippen LogP contribution in [0.3, 0.4) is 0 Å². The predicted octanol–water partition coefficient (Wildman–Crippen LogP) is 3.92. The molecule has 152 valence electrons. The topological polar surface area (TPSA) is 83.6 Å². The molecule has 0 saturated heterocycles. The van der Waals surface area contributed by atoms with Gasteiger partial charge in [-0.25, -0.2) is 0 Å². The Morgan fingerprint density at radius 2 is 1.86 bits per heavy atom. The lowest BCUT2D eigenvalue weighted by molar-refractivity contribution is -0.139. The molecule has 2 aromatic heterocycles. The second-order valence-corrected chi connectivity index (χ2v) is 7.51. The summed E-state index contributed by atoms with van der Waals surface area (Å²) in [4.78, 5) is 25.5. The zero-order chi connectivity index (χ0) is 21.0. The van der Waals surface area contributed by atoms with E-state index in [0.29, 0.717) is 17.1 Å². The van der Waals surface area contributed by atoms with Crippen molar-refractivity contribution < 1.29 is 23.6 Å². The molecule has 0 saturated carbocycles. The van der Waals surface area contributed by atoms with E-state index in [1.54, 1.807) is 26.2 Å². The van der Waals surface area contributed by atoms with Crippen LogP contribution in [-0.4, -0.2) is 40.9 Å². The van der Waals surface area contributed by atoms with Crippen molar-refractivity contribution in [2.75, 3.05) is 19.5 Å². The van der Waals surface area contributed by atoms with Crippen molar-refractivity contribution >= 4 is 23.5 Å². The van der Waals surface area contributed by atoms with Gasteiger partial charge in [0.05, 0.1) is 12.9 Å². The van der Waals surface area contributed by atoms with Gasteiger partial charge in [0.25, 0.3) is 0 Å². The maximum absolute atomic E-state index is 12.6. The van der Waals surface area contributed by atoms with Crippen LogP contribution in [0.2, 0.25) is 0 Å². The summed E-state index contributed by atoms with van der Waals surface area (Å²) in [6.07, 6.45) is 0. The smallest absolute Gasteiger partial charge is 0.316 e. The molecule has 0 unspecified atom stereocenters. The van der Waals surface area contributed by atoms with Crippen molar-refractivity contribution in [1.29, 1.82) is 0 Å². The number of esters is 1. The molecule has 0 aliphatic carbocycles. The third-order valence-electron chi connectivity index (χ3n) is 4.36. The summed E-state index contributed by atoms with van der Waals surface area (Å²) in [6.45, 7) is 5.21. The van der Waals surface area contributed by atoms with Crippen LogP contribution < -0.4 is 4.74 Å². The number of aryl methyl sites for hydroxylation is 2. The number of thioether (sulfide) groups is 1. The molecular weight excluding hydrogens is 392 g/mol. The van der Waals surface area contributed by atoms with Crippen molar-refractivity contribution in [3.63, 3.8) is 0 Å². The summed E-state index contributed by atoms with van der Waals surface area (Å²) < 4.78 is 17.2. The molecule has 0 spiro atoms. The molecule has 7 nitrogen and oxygen atoms in total. The van der Waals surface area contributed by atoms with E-state index in [0.717, 1.165) is 22.0 Å². The number of carbonyl (C=O) groups excluding carboxylic acids is 2. The molecule has 1 aromatic carbocycles. The molecule has 0 bridgehead atoms. The molecule has 3 aromatic rings. The summed E-state index contributed by atoms with van der Waals surface area (Å²) in [6, 6.07) is 10.9. The van der Waals surface area contributed by atoms with Gasteiger partial charge in [0.2, 0.25) is 5.78 Å². The largest absolute Gasteiger partial charge is 0.497 e. The number of nitrogens with zero attached hydrogens (tertiary/aromatic N) is 2. The van der Waals surface area contributed by atoms with Crippen LogP contribution in [0, 0.1) is 20.8 Å². The SMILES string of the molecule is COc1ccc(SCC(=O)OCC(=O)c2cc(C)n(-c3cc(C)on3)c2C)cc1. The maximum atomic E-state index is 12.6. The van der Waals surface area contributed by atoms with Crippen molar-refractivity contribution in [1.82, 2.24) is 9.72 Å². The minimum absolute atomic E-state index is 0.122. The number of benzene rings is 1. The predicted molar refractivity (Wildman–Crippen MR) is 109 cm³/mol. The van der Waals surface area contributed by atoms with Crippen molar-refractivity contribution in [2.45, 2.75) is 25.7 Å². The van der Waals surface area contributed by atoms with Gasteiger partial charge in [0.1, 0.15) is 11.5 Å². The summed E-state index contributed by atoms with van der Waals surface area (Å²) >= 11 is 1.34. The fourth-order valence-corrected chi connectivity index (χ4v) is 3.63. The highest BCUT2D eigenvalue weighted by atomic mass is 32.2. The van der Waals surface area contributed by atoms with Gasteiger partial charge in [-0.15, -0.1) is 11.8 Å². The molecule has 8 heteroatoms. The molecule has 2 heterocycles. The second-order valence-electron chi connectivity index (χ2n) is 6.46. The van der Waals surface area contributed by atoms with E-state index in [4.69, 9.17) is 14.0 Å². The fourth-order valence-electron chi connectivity index (χ4n) is 2.94.